The van der Waals surface area contributed by atoms with Gasteiger partial charge >= 0.3 is 5.97 Å². The largest absolute Gasteiger partial charge is 0.465 e. The van der Waals surface area contributed by atoms with Crippen LogP contribution in [0.3, 0.4) is 0 Å². The average molecular weight is 269 g/mol. The van der Waals surface area contributed by atoms with Crippen LogP contribution in [0.1, 0.15) is 45.9 Å². The maximum absolute atomic E-state index is 12.0. The first kappa shape index (κ1) is 15.5. The summed E-state index contributed by atoms with van der Waals surface area (Å²) < 4.78 is 10.3. The van der Waals surface area contributed by atoms with Gasteiger partial charge in [0.1, 0.15) is 5.92 Å². The van der Waals surface area contributed by atoms with Gasteiger partial charge in [-0.05, 0) is 31.3 Å². The lowest BCUT2D eigenvalue weighted by Gasteiger charge is -2.13. The number of aromatic nitrogens is 2. The smallest absolute Gasteiger partial charge is 0.318 e. The number of carbonyl (C=O) groups excluding carboxylic acids is 1. The summed E-state index contributed by atoms with van der Waals surface area (Å²) in [6.07, 6.45) is 0.635. The standard InChI is InChI=1S/C13H23N3O3/c1-6-16(5)13-14-11(19-15-13)10(8-9(3)4)12(17)18-7-2/h9-10H,6-8H2,1-5H3. The van der Waals surface area contributed by atoms with Crippen molar-refractivity contribution in [2.45, 2.75) is 40.0 Å². The molecule has 0 saturated heterocycles. The van der Waals surface area contributed by atoms with E-state index in [1.807, 2.05) is 32.7 Å². The minimum absolute atomic E-state index is 0.300. The quantitative estimate of drug-likeness (QED) is 0.707. The summed E-state index contributed by atoms with van der Waals surface area (Å²) in [5, 5.41) is 3.89. The zero-order chi connectivity index (χ0) is 14.4. The van der Waals surface area contributed by atoms with Crippen molar-refractivity contribution in [1.82, 2.24) is 10.1 Å². The topological polar surface area (TPSA) is 68.5 Å². The number of hydrogen-bond donors (Lipinski definition) is 0. The molecule has 1 aromatic rings. The van der Waals surface area contributed by atoms with Crippen LogP contribution in [-0.4, -0.2) is 36.3 Å². The Morgan fingerprint density at radius 2 is 2.11 bits per heavy atom. The minimum Gasteiger partial charge on any atom is -0.465 e. The minimum atomic E-state index is -0.480. The van der Waals surface area contributed by atoms with E-state index in [0.29, 0.717) is 30.8 Å². The molecule has 0 amide bonds. The second-order valence-corrected chi connectivity index (χ2v) is 4.88. The van der Waals surface area contributed by atoms with E-state index in [-0.39, 0.29) is 5.97 Å². The van der Waals surface area contributed by atoms with Gasteiger partial charge < -0.3 is 14.2 Å². The highest BCUT2D eigenvalue weighted by Gasteiger charge is 2.29. The van der Waals surface area contributed by atoms with Crippen molar-refractivity contribution in [1.29, 1.82) is 0 Å². The Balaban J connectivity index is 2.90. The second kappa shape index (κ2) is 7.11. The number of nitrogens with zero attached hydrogens (tertiary/aromatic N) is 3. The molecule has 0 aliphatic heterocycles. The van der Waals surface area contributed by atoms with Crippen molar-refractivity contribution in [3.05, 3.63) is 5.89 Å². The molecule has 6 nitrogen and oxygen atoms in total. The molecule has 108 valence electrons. The van der Waals surface area contributed by atoms with E-state index in [0.717, 1.165) is 6.54 Å². The summed E-state index contributed by atoms with van der Waals surface area (Å²) in [7, 11) is 1.87. The van der Waals surface area contributed by atoms with Crippen LogP contribution in [0.25, 0.3) is 0 Å². The van der Waals surface area contributed by atoms with E-state index in [4.69, 9.17) is 9.26 Å². The van der Waals surface area contributed by atoms with E-state index in [2.05, 4.69) is 10.1 Å². The van der Waals surface area contributed by atoms with Crippen LogP contribution in [0.2, 0.25) is 0 Å². The highest BCUT2D eigenvalue weighted by Crippen LogP contribution is 2.25. The number of hydrogen-bond acceptors (Lipinski definition) is 6. The third kappa shape index (κ3) is 4.22. The Hall–Kier alpha value is -1.59. The maximum Gasteiger partial charge on any atom is 0.318 e. The summed E-state index contributed by atoms with van der Waals surface area (Å²) in [5.74, 6) is 0.392. The molecule has 19 heavy (non-hydrogen) atoms. The van der Waals surface area contributed by atoms with Gasteiger partial charge in [0.25, 0.3) is 5.95 Å². The molecule has 0 saturated carbocycles. The molecule has 0 spiro atoms. The molecule has 0 aromatic carbocycles. The van der Waals surface area contributed by atoms with Crippen LogP contribution in [0.5, 0.6) is 0 Å². The lowest BCUT2D eigenvalue weighted by Crippen LogP contribution is -2.19. The Morgan fingerprint density at radius 1 is 1.42 bits per heavy atom. The molecule has 1 atom stereocenters. The fraction of sp³-hybridized carbons (Fsp3) is 0.769. The molecular formula is C13H23N3O3. The molecule has 0 radical (unpaired) electrons. The Bertz CT molecular complexity index is 404. The predicted molar refractivity (Wildman–Crippen MR) is 72.1 cm³/mol. The van der Waals surface area contributed by atoms with Gasteiger partial charge in [0, 0.05) is 13.6 Å². The van der Waals surface area contributed by atoms with Gasteiger partial charge in [0.15, 0.2) is 0 Å². The van der Waals surface area contributed by atoms with E-state index in [1.165, 1.54) is 0 Å². The fourth-order valence-electron chi connectivity index (χ4n) is 1.68. The maximum atomic E-state index is 12.0. The first-order chi connectivity index (χ1) is 8.99. The van der Waals surface area contributed by atoms with Crippen LogP contribution in [0.15, 0.2) is 4.52 Å². The van der Waals surface area contributed by atoms with Gasteiger partial charge in [0.2, 0.25) is 5.89 Å². The van der Waals surface area contributed by atoms with Gasteiger partial charge in [-0.3, -0.25) is 4.79 Å². The van der Waals surface area contributed by atoms with Crippen molar-refractivity contribution < 1.29 is 14.1 Å². The number of ether oxygens (including phenoxy) is 1. The van der Waals surface area contributed by atoms with E-state index < -0.39 is 5.92 Å². The predicted octanol–water partition coefficient (Wildman–Crippen LogP) is 2.22. The molecule has 0 bridgehead atoms. The number of carbonyl (C=O) groups is 1. The Kier molecular flexibility index (Phi) is 5.79. The summed E-state index contributed by atoms with van der Waals surface area (Å²) in [6, 6.07) is 0. The Morgan fingerprint density at radius 3 is 2.63 bits per heavy atom. The first-order valence-electron chi connectivity index (χ1n) is 6.70. The van der Waals surface area contributed by atoms with E-state index in [9.17, 15) is 4.79 Å². The summed E-state index contributed by atoms with van der Waals surface area (Å²) >= 11 is 0. The third-order valence-electron chi connectivity index (χ3n) is 2.82. The zero-order valence-corrected chi connectivity index (χ0v) is 12.3. The zero-order valence-electron chi connectivity index (χ0n) is 12.3. The van der Waals surface area contributed by atoms with E-state index >= 15 is 0 Å². The van der Waals surface area contributed by atoms with Crippen molar-refractivity contribution in [2.75, 3.05) is 25.1 Å². The van der Waals surface area contributed by atoms with Crippen molar-refractivity contribution in [2.24, 2.45) is 5.92 Å². The summed E-state index contributed by atoms with van der Waals surface area (Å²) in [5.41, 5.74) is 0. The summed E-state index contributed by atoms with van der Waals surface area (Å²) in [4.78, 5) is 18.1. The molecule has 0 N–H and O–H groups in total. The number of rotatable bonds is 7. The van der Waals surface area contributed by atoms with Crippen LogP contribution >= 0.6 is 0 Å². The third-order valence-corrected chi connectivity index (χ3v) is 2.82. The molecule has 0 aliphatic rings. The highest BCUT2D eigenvalue weighted by molar-refractivity contribution is 5.76. The lowest BCUT2D eigenvalue weighted by atomic mass is 9.97. The second-order valence-electron chi connectivity index (χ2n) is 4.88. The van der Waals surface area contributed by atoms with Gasteiger partial charge in [-0.1, -0.05) is 13.8 Å². The molecule has 1 aromatic heterocycles. The molecule has 1 rings (SSSR count). The normalized spacial score (nSPS) is 12.5. The summed E-state index contributed by atoms with van der Waals surface area (Å²) in [6.45, 7) is 8.99. The number of esters is 1. The highest BCUT2D eigenvalue weighted by atomic mass is 16.5. The van der Waals surface area contributed by atoms with Crippen LogP contribution in [0.4, 0.5) is 5.95 Å². The van der Waals surface area contributed by atoms with Gasteiger partial charge in [-0.2, -0.15) is 4.98 Å². The van der Waals surface area contributed by atoms with Gasteiger partial charge in [-0.15, -0.1) is 0 Å². The molecule has 1 heterocycles. The van der Waals surface area contributed by atoms with Gasteiger partial charge in [-0.25, -0.2) is 0 Å². The molecular weight excluding hydrogens is 246 g/mol. The SMILES string of the molecule is CCOC(=O)C(CC(C)C)c1nc(N(C)CC)no1. The first-order valence-corrected chi connectivity index (χ1v) is 6.70. The number of anilines is 1. The fourth-order valence-corrected chi connectivity index (χ4v) is 1.68. The lowest BCUT2D eigenvalue weighted by molar-refractivity contribution is -0.146. The monoisotopic (exact) mass is 269 g/mol. The Labute approximate surface area is 114 Å². The van der Waals surface area contributed by atoms with Crippen molar-refractivity contribution in [3.63, 3.8) is 0 Å². The molecule has 0 aliphatic carbocycles. The molecule has 6 heteroatoms. The molecule has 1 unspecified atom stereocenters. The van der Waals surface area contributed by atoms with Gasteiger partial charge in [0.05, 0.1) is 6.61 Å². The van der Waals surface area contributed by atoms with Crippen LogP contribution < -0.4 is 4.90 Å². The van der Waals surface area contributed by atoms with E-state index in [1.54, 1.807) is 6.92 Å². The van der Waals surface area contributed by atoms with Crippen molar-refractivity contribution >= 4 is 11.9 Å². The average Bonchev–Trinajstić information content (AvgIpc) is 2.84. The molecule has 0 fully saturated rings. The van der Waals surface area contributed by atoms with Crippen LogP contribution in [-0.2, 0) is 9.53 Å². The van der Waals surface area contributed by atoms with Crippen LogP contribution in [0, 0.1) is 5.92 Å². The van der Waals surface area contributed by atoms with Crippen molar-refractivity contribution in [3.8, 4) is 0 Å².